The topological polar surface area (TPSA) is 40.5 Å². The Morgan fingerprint density at radius 1 is 0.609 bits per heavy atom. The summed E-state index contributed by atoms with van der Waals surface area (Å²) in [5.41, 5.74) is 2.40. The van der Waals surface area contributed by atoms with Crippen LogP contribution in [-0.4, -0.2) is 10.2 Å². The van der Waals surface area contributed by atoms with Gasteiger partial charge in [-0.15, -0.1) is 0 Å². The molecule has 2 aromatic carbocycles. The molecule has 0 saturated heterocycles. The number of aromatic hydroxyl groups is 2. The van der Waals surface area contributed by atoms with E-state index in [1.54, 1.807) is 24.3 Å². The molecule has 0 bridgehead atoms. The minimum absolute atomic E-state index is 0.0970. The molecule has 2 heteroatoms. The molecule has 1 aliphatic carbocycles. The second kappa shape index (κ2) is 5.59. The number of hydrogen-bond acceptors (Lipinski definition) is 2. The summed E-state index contributed by atoms with van der Waals surface area (Å²) in [6.45, 7) is 9.36. The van der Waals surface area contributed by atoms with Gasteiger partial charge in [0.25, 0.3) is 0 Å². The molecule has 2 N–H and O–H groups in total. The summed E-state index contributed by atoms with van der Waals surface area (Å²) < 4.78 is 0. The summed E-state index contributed by atoms with van der Waals surface area (Å²) in [6, 6.07) is 15.4. The van der Waals surface area contributed by atoms with Gasteiger partial charge in [0, 0.05) is 5.41 Å². The summed E-state index contributed by atoms with van der Waals surface area (Å²) in [5, 5.41) is 19.4. The predicted octanol–water partition coefficient (Wildman–Crippen LogP) is 4.94. The molecule has 0 radical (unpaired) electrons. The van der Waals surface area contributed by atoms with Gasteiger partial charge in [-0.3, -0.25) is 0 Å². The maximum Gasteiger partial charge on any atom is 0.115 e. The molecule has 1 aliphatic rings. The van der Waals surface area contributed by atoms with E-state index in [-0.39, 0.29) is 5.41 Å². The molecule has 4 atom stereocenters. The van der Waals surface area contributed by atoms with Crippen molar-refractivity contribution in [1.82, 2.24) is 0 Å². The molecular weight excluding hydrogens is 284 g/mol. The van der Waals surface area contributed by atoms with Crippen molar-refractivity contribution in [3.05, 3.63) is 59.7 Å². The zero-order valence-electron chi connectivity index (χ0n) is 14.3. The Bertz CT molecular complexity index is 610. The van der Waals surface area contributed by atoms with Crippen molar-refractivity contribution in [1.29, 1.82) is 0 Å². The first kappa shape index (κ1) is 15.9. The molecule has 0 heterocycles. The van der Waals surface area contributed by atoms with Gasteiger partial charge in [-0.25, -0.2) is 0 Å². The van der Waals surface area contributed by atoms with Gasteiger partial charge in [-0.05, 0) is 59.1 Å². The van der Waals surface area contributed by atoms with Crippen molar-refractivity contribution in [2.45, 2.75) is 33.1 Å². The molecule has 2 aromatic rings. The Morgan fingerprint density at radius 2 is 0.913 bits per heavy atom. The van der Waals surface area contributed by atoms with Gasteiger partial charge in [-0.1, -0.05) is 52.0 Å². The fraction of sp³-hybridized carbons (Fsp3) is 0.429. The van der Waals surface area contributed by atoms with Crippen LogP contribution in [0.1, 0.15) is 38.8 Å². The van der Waals surface area contributed by atoms with Crippen LogP contribution in [0, 0.1) is 23.7 Å². The van der Waals surface area contributed by atoms with E-state index in [1.807, 2.05) is 0 Å². The standard InChI is InChI=1S/C21H26O2/c1-13-14(2)16(4)21(15(13)3,17-5-9-19(22)10-6-17)18-7-11-20(23)12-8-18/h5-16,22-23H,1-4H3. The van der Waals surface area contributed by atoms with Crippen LogP contribution in [0.5, 0.6) is 11.5 Å². The highest BCUT2D eigenvalue weighted by Gasteiger charge is 2.54. The first-order valence-electron chi connectivity index (χ1n) is 8.48. The Kier molecular flexibility index (Phi) is 3.87. The zero-order chi connectivity index (χ0) is 16.8. The van der Waals surface area contributed by atoms with Crippen molar-refractivity contribution < 1.29 is 10.2 Å². The number of phenols is 2. The normalized spacial score (nSPS) is 29.6. The molecule has 0 aromatic heterocycles. The largest absolute Gasteiger partial charge is 0.508 e. The summed E-state index contributed by atoms with van der Waals surface area (Å²) >= 11 is 0. The molecule has 0 spiro atoms. The van der Waals surface area contributed by atoms with Crippen molar-refractivity contribution in [2.24, 2.45) is 23.7 Å². The number of hydrogen-bond donors (Lipinski definition) is 2. The lowest BCUT2D eigenvalue weighted by atomic mass is 9.63. The minimum atomic E-state index is -0.0970. The molecular formula is C21H26O2. The van der Waals surface area contributed by atoms with E-state index in [0.717, 1.165) is 0 Å². The summed E-state index contributed by atoms with van der Waals surface area (Å²) in [6.07, 6.45) is 0. The number of phenolic OH excluding ortho intramolecular Hbond substituents is 2. The second-order valence-corrected chi connectivity index (χ2v) is 7.26. The molecule has 0 aliphatic heterocycles. The summed E-state index contributed by atoms with van der Waals surface area (Å²) in [5.74, 6) is 2.76. The minimum Gasteiger partial charge on any atom is -0.508 e. The zero-order valence-corrected chi connectivity index (χ0v) is 14.3. The third-order valence-corrected chi connectivity index (χ3v) is 6.53. The first-order valence-corrected chi connectivity index (χ1v) is 8.48. The summed E-state index contributed by atoms with van der Waals surface area (Å²) in [4.78, 5) is 0. The third-order valence-electron chi connectivity index (χ3n) is 6.53. The SMILES string of the molecule is CC1C(C)C(C)C(c2ccc(O)cc2)(c2ccc(O)cc2)C1C. The van der Waals surface area contributed by atoms with Gasteiger partial charge in [-0.2, -0.15) is 0 Å². The summed E-state index contributed by atoms with van der Waals surface area (Å²) in [7, 11) is 0. The maximum atomic E-state index is 9.69. The highest BCUT2D eigenvalue weighted by atomic mass is 16.3. The van der Waals surface area contributed by atoms with Crippen molar-refractivity contribution >= 4 is 0 Å². The van der Waals surface area contributed by atoms with Gasteiger partial charge in [0.2, 0.25) is 0 Å². The number of rotatable bonds is 2. The van der Waals surface area contributed by atoms with Crippen LogP contribution in [0.2, 0.25) is 0 Å². The van der Waals surface area contributed by atoms with E-state index in [4.69, 9.17) is 0 Å². The molecule has 3 rings (SSSR count). The van der Waals surface area contributed by atoms with E-state index in [9.17, 15) is 10.2 Å². The van der Waals surface area contributed by atoms with Gasteiger partial charge in [0.15, 0.2) is 0 Å². The first-order chi connectivity index (χ1) is 10.9. The molecule has 0 amide bonds. The highest BCUT2D eigenvalue weighted by Crippen LogP contribution is 2.58. The number of benzene rings is 2. The maximum absolute atomic E-state index is 9.69. The van der Waals surface area contributed by atoms with Gasteiger partial charge < -0.3 is 10.2 Å². The fourth-order valence-corrected chi connectivity index (χ4v) is 4.85. The Balaban J connectivity index is 2.25. The van der Waals surface area contributed by atoms with Gasteiger partial charge in [0.1, 0.15) is 11.5 Å². The van der Waals surface area contributed by atoms with Crippen molar-refractivity contribution in [3.63, 3.8) is 0 Å². The van der Waals surface area contributed by atoms with Crippen LogP contribution in [0.3, 0.4) is 0 Å². The highest BCUT2D eigenvalue weighted by molar-refractivity contribution is 5.46. The van der Waals surface area contributed by atoms with Crippen LogP contribution in [-0.2, 0) is 5.41 Å². The lowest BCUT2D eigenvalue weighted by Crippen LogP contribution is -2.37. The van der Waals surface area contributed by atoms with Gasteiger partial charge in [0.05, 0.1) is 0 Å². The van der Waals surface area contributed by atoms with Gasteiger partial charge >= 0.3 is 0 Å². The van der Waals surface area contributed by atoms with Crippen molar-refractivity contribution in [2.75, 3.05) is 0 Å². The third kappa shape index (κ3) is 2.23. The second-order valence-electron chi connectivity index (χ2n) is 7.26. The lowest BCUT2D eigenvalue weighted by molar-refractivity contribution is 0.305. The van der Waals surface area contributed by atoms with E-state index < -0.39 is 0 Å². The van der Waals surface area contributed by atoms with E-state index in [0.29, 0.717) is 35.2 Å². The van der Waals surface area contributed by atoms with Crippen LogP contribution in [0.15, 0.2) is 48.5 Å². The smallest absolute Gasteiger partial charge is 0.115 e. The predicted molar refractivity (Wildman–Crippen MR) is 93.6 cm³/mol. The Hall–Kier alpha value is -1.96. The van der Waals surface area contributed by atoms with Crippen LogP contribution in [0.4, 0.5) is 0 Å². The molecule has 2 nitrogen and oxygen atoms in total. The van der Waals surface area contributed by atoms with E-state index in [2.05, 4.69) is 52.0 Å². The molecule has 1 saturated carbocycles. The van der Waals surface area contributed by atoms with Crippen LogP contribution >= 0.6 is 0 Å². The Labute approximate surface area is 138 Å². The molecule has 1 fully saturated rings. The van der Waals surface area contributed by atoms with Crippen molar-refractivity contribution in [3.8, 4) is 11.5 Å². The monoisotopic (exact) mass is 310 g/mol. The van der Waals surface area contributed by atoms with Crippen LogP contribution < -0.4 is 0 Å². The quantitative estimate of drug-likeness (QED) is 0.824. The molecule has 23 heavy (non-hydrogen) atoms. The van der Waals surface area contributed by atoms with E-state index in [1.165, 1.54) is 11.1 Å². The molecule has 122 valence electrons. The average Bonchev–Trinajstić information content (AvgIpc) is 2.72. The Morgan fingerprint density at radius 3 is 1.22 bits per heavy atom. The average molecular weight is 310 g/mol. The van der Waals surface area contributed by atoms with Crippen LogP contribution in [0.25, 0.3) is 0 Å². The fourth-order valence-electron chi connectivity index (χ4n) is 4.85. The van der Waals surface area contributed by atoms with E-state index >= 15 is 0 Å². The lowest BCUT2D eigenvalue weighted by Gasteiger charge is -2.40. The molecule has 4 unspecified atom stereocenters.